The van der Waals surface area contributed by atoms with E-state index < -0.39 is 0 Å². The predicted octanol–water partition coefficient (Wildman–Crippen LogP) is 4.34. The summed E-state index contributed by atoms with van der Waals surface area (Å²) in [5.41, 5.74) is 14.3. The van der Waals surface area contributed by atoms with Gasteiger partial charge in [-0.25, -0.2) is 0 Å². The van der Waals surface area contributed by atoms with E-state index in [1.54, 1.807) is 11.1 Å². The maximum Gasteiger partial charge on any atom is 0.0600 e. The molecule has 2 aromatic carbocycles. The molecule has 0 aromatic heterocycles. The molecule has 1 aliphatic heterocycles. The van der Waals surface area contributed by atoms with Crippen LogP contribution in [-0.4, -0.2) is 13.1 Å². The van der Waals surface area contributed by atoms with E-state index in [1.165, 1.54) is 55.3 Å². The number of hydrogen-bond acceptors (Lipinski definition) is 2. The number of hydrogen-bond donors (Lipinski definition) is 1. The Morgan fingerprint density at radius 1 is 0.783 bits per heavy atom. The first-order valence-corrected chi connectivity index (χ1v) is 9.04. The maximum absolute atomic E-state index is 6.32. The zero-order chi connectivity index (χ0) is 15.6. The third-order valence-corrected chi connectivity index (χ3v) is 5.36. The number of rotatable bonds is 3. The minimum atomic E-state index is 0.933. The predicted molar refractivity (Wildman–Crippen MR) is 98.2 cm³/mol. The molecule has 0 atom stereocenters. The van der Waals surface area contributed by atoms with Crippen molar-refractivity contribution in [1.29, 1.82) is 0 Å². The highest BCUT2D eigenvalue weighted by Gasteiger charge is 2.15. The second kappa shape index (κ2) is 6.27. The third kappa shape index (κ3) is 3.08. The summed E-state index contributed by atoms with van der Waals surface area (Å²) in [6.45, 7) is 2.29. The van der Waals surface area contributed by atoms with Crippen molar-refractivity contribution in [3.63, 3.8) is 0 Å². The van der Waals surface area contributed by atoms with Crippen LogP contribution in [-0.2, 0) is 19.3 Å². The number of benzene rings is 2. The number of fused-ring (bicyclic) bond motifs is 1. The number of nitrogens with zero attached hydrogens (tertiary/aromatic N) is 1. The Balaban J connectivity index is 1.53. The first kappa shape index (κ1) is 14.6. The van der Waals surface area contributed by atoms with E-state index in [0.29, 0.717) is 0 Å². The molecule has 0 saturated carbocycles. The Labute approximate surface area is 139 Å². The Hall–Kier alpha value is -1.96. The fourth-order valence-electron chi connectivity index (χ4n) is 4.09. The van der Waals surface area contributed by atoms with Crippen molar-refractivity contribution in [3.8, 4) is 0 Å². The van der Waals surface area contributed by atoms with E-state index in [0.717, 1.165) is 25.2 Å². The van der Waals surface area contributed by atoms with E-state index >= 15 is 0 Å². The lowest BCUT2D eigenvalue weighted by Gasteiger charge is -2.20. The summed E-state index contributed by atoms with van der Waals surface area (Å²) >= 11 is 0. The van der Waals surface area contributed by atoms with Crippen LogP contribution in [0, 0.1) is 0 Å². The van der Waals surface area contributed by atoms with Gasteiger partial charge in [0.1, 0.15) is 0 Å². The molecule has 2 N–H and O–H groups in total. The van der Waals surface area contributed by atoms with Crippen molar-refractivity contribution in [3.05, 3.63) is 58.7 Å². The zero-order valence-electron chi connectivity index (χ0n) is 13.9. The van der Waals surface area contributed by atoms with Crippen LogP contribution in [0.3, 0.4) is 0 Å². The van der Waals surface area contributed by atoms with Crippen molar-refractivity contribution in [2.45, 2.75) is 44.9 Å². The molecule has 2 aliphatic rings. The highest BCUT2D eigenvalue weighted by molar-refractivity contribution is 5.69. The van der Waals surface area contributed by atoms with Crippen LogP contribution in [0.25, 0.3) is 0 Å². The molecule has 1 saturated heterocycles. The van der Waals surface area contributed by atoms with Gasteiger partial charge in [0, 0.05) is 13.1 Å². The van der Waals surface area contributed by atoms with Crippen molar-refractivity contribution in [1.82, 2.24) is 0 Å². The molecule has 1 heterocycles. The summed E-state index contributed by atoms with van der Waals surface area (Å²) < 4.78 is 0. The standard InChI is InChI=1S/C21H26N2/c22-20-15-17(8-10-21(20)23-11-3-4-12-23)13-16-7-9-18-5-1-2-6-19(18)14-16/h7-10,14-15H,1-6,11-13,22H2. The first-order chi connectivity index (χ1) is 11.3. The third-order valence-electron chi connectivity index (χ3n) is 5.36. The molecule has 2 heteroatoms. The lowest BCUT2D eigenvalue weighted by Crippen LogP contribution is -2.19. The average Bonchev–Trinajstić information content (AvgIpc) is 3.09. The Kier molecular flexibility index (Phi) is 3.99. The van der Waals surface area contributed by atoms with Crippen LogP contribution in [0.1, 0.15) is 47.9 Å². The van der Waals surface area contributed by atoms with E-state index in [2.05, 4.69) is 41.3 Å². The summed E-state index contributed by atoms with van der Waals surface area (Å²) in [4.78, 5) is 2.41. The summed E-state index contributed by atoms with van der Waals surface area (Å²) in [7, 11) is 0. The molecular formula is C21H26N2. The molecule has 0 amide bonds. The monoisotopic (exact) mass is 306 g/mol. The van der Waals surface area contributed by atoms with E-state index in [9.17, 15) is 0 Å². The molecule has 1 fully saturated rings. The van der Waals surface area contributed by atoms with Crippen molar-refractivity contribution >= 4 is 11.4 Å². The topological polar surface area (TPSA) is 29.3 Å². The van der Waals surface area contributed by atoms with Gasteiger partial charge in [-0.3, -0.25) is 0 Å². The average molecular weight is 306 g/mol. The number of anilines is 2. The van der Waals surface area contributed by atoms with E-state index in [-0.39, 0.29) is 0 Å². The van der Waals surface area contributed by atoms with Gasteiger partial charge in [-0.15, -0.1) is 0 Å². The van der Waals surface area contributed by atoms with Gasteiger partial charge in [0.15, 0.2) is 0 Å². The van der Waals surface area contributed by atoms with Gasteiger partial charge in [-0.2, -0.15) is 0 Å². The fraction of sp³-hybridized carbons (Fsp3) is 0.429. The minimum Gasteiger partial charge on any atom is -0.397 e. The summed E-state index contributed by atoms with van der Waals surface area (Å²) in [6, 6.07) is 13.7. The molecule has 2 aromatic rings. The summed E-state index contributed by atoms with van der Waals surface area (Å²) in [6.07, 6.45) is 8.76. The SMILES string of the molecule is Nc1cc(Cc2ccc3c(c2)CCCC3)ccc1N1CCCC1. The molecule has 0 unspecified atom stereocenters. The molecule has 0 spiro atoms. The molecule has 4 rings (SSSR count). The largest absolute Gasteiger partial charge is 0.397 e. The highest BCUT2D eigenvalue weighted by atomic mass is 15.1. The van der Waals surface area contributed by atoms with Crippen LogP contribution in [0.2, 0.25) is 0 Å². The van der Waals surface area contributed by atoms with Crippen LogP contribution < -0.4 is 10.6 Å². The van der Waals surface area contributed by atoms with Gasteiger partial charge in [-0.1, -0.05) is 24.3 Å². The van der Waals surface area contributed by atoms with Gasteiger partial charge in [-0.05, 0) is 79.3 Å². The number of nitrogens with two attached hydrogens (primary N) is 1. The minimum absolute atomic E-state index is 0.933. The van der Waals surface area contributed by atoms with Gasteiger partial charge < -0.3 is 10.6 Å². The molecular weight excluding hydrogens is 280 g/mol. The summed E-state index contributed by atoms with van der Waals surface area (Å²) in [5.74, 6) is 0. The zero-order valence-corrected chi connectivity index (χ0v) is 13.9. The molecule has 120 valence electrons. The van der Waals surface area contributed by atoms with Crippen molar-refractivity contribution in [2.24, 2.45) is 0 Å². The first-order valence-electron chi connectivity index (χ1n) is 9.04. The second-order valence-corrected chi connectivity index (χ2v) is 7.07. The fourth-order valence-corrected chi connectivity index (χ4v) is 4.09. The lowest BCUT2D eigenvalue weighted by molar-refractivity contribution is 0.684. The van der Waals surface area contributed by atoms with Gasteiger partial charge >= 0.3 is 0 Å². The maximum atomic E-state index is 6.32. The normalized spacial score (nSPS) is 17.3. The molecule has 1 aliphatic carbocycles. The van der Waals surface area contributed by atoms with Gasteiger partial charge in [0.05, 0.1) is 11.4 Å². The molecule has 23 heavy (non-hydrogen) atoms. The Morgan fingerprint density at radius 2 is 1.48 bits per heavy atom. The van der Waals surface area contributed by atoms with Crippen molar-refractivity contribution < 1.29 is 0 Å². The van der Waals surface area contributed by atoms with E-state index in [4.69, 9.17) is 5.73 Å². The molecule has 2 nitrogen and oxygen atoms in total. The van der Waals surface area contributed by atoms with Gasteiger partial charge in [0.2, 0.25) is 0 Å². The highest BCUT2D eigenvalue weighted by Crippen LogP contribution is 2.29. The van der Waals surface area contributed by atoms with Crippen LogP contribution in [0.5, 0.6) is 0 Å². The lowest BCUT2D eigenvalue weighted by atomic mass is 9.89. The van der Waals surface area contributed by atoms with E-state index in [1.807, 2.05) is 0 Å². The quantitative estimate of drug-likeness (QED) is 0.855. The van der Waals surface area contributed by atoms with Gasteiger partial charge in [0.25, 0.3) is 0 Å². The number of nitrogen functional groups attached to an aromatic ring is 1. The van der Waals surface area contributed by atoms with Crippen molar-refractivity contribution in [2.75, 3.05) is 23.7 Å². The molecule has 0 bridgehead atoms. The Bertz CT molecular complexity index is 699. The van der Waals surface area contributed by atoms with Crippen LogP contribution in [0.4, 0.5) is 11.4 Å². The smallest absolute Gasteiger partial charge is 0.0600 e. The summed E-state index contributed by atoms with van der Waals surface area (Å²) in [5, 5.41) is 0. The number of aryl methyl sites for hydroxylation is 2. The van der Waals surface area contributed by atoms with Crippen LogP contribution in [0.15, 0.2) is 36.4 Å². The molecule has 0 radical (unpaired) electrons. The Morgan fingerprint density at radius 3 is 2.26 bits per heavy atom. The second-order valence-electron chi connectivity index (χ2n) is 7.07. The van der Waals surface area contributed by atoms with Crippen LogP contribution >= 0.6 is 0 Å².